The van der Waals surface area contributed by atoms with Crippen molar-refractivity contribution in [3.63, 3.8) is 0 Å². The number of carboxylic acid groups (broad SMARTS) is 1. The van der Waals surface area contributed by atoms with Crippen LogP contribution in [0.2, 0.25) is 0 Å². The van der Waals surface area contributed by atoms with E-state index in [1.807, 2.05) is 0 Å². The minimum Gasteiger partial charge on any atom is -0.494 e. The van der Waals surface area contributed by atoms with Gasteiger partial charge in [0.25, 0.3) is 0 Å². The third-order valence-corrected chi connectivity index (χ3v) is 2.87. The zero-order chi connectivity index (χ0) is 16.3. The first-order valence-electron chi connectivity index (χ1n) is 6.08. The number of benzene rings is 2. The van der Waals surface area contributed by atoms with Crippen LogP contribution in [0, 0.1) is 5.82 Å². The summed E-state index contributed by atoms with van der Waals surface area (Å²) >= 11 is 0. The first-order valence-corrected chi connectivity index (χ1v) is 6.08. The maximum absolute atomic E-state index is 14.2. The van der Waals surface area contributed by atoms with Crippen molar-refractivity contribution in [2.75, 3.05) is 7.11 Å². The molecule has 0 fully saturated rings. The molecule has 2 aromatic carbocycles. The average Bonchev–Trinajstić information content (AvgIpc) is 2.46. The Hall–Kier alpha value is -2.70. The summed E-state index contributed by atoms with van der Waals surface area (Å²) in [7, 11) is 1.28. The van der Waals surface area contributed by atoms with Gasteiger partial charge in [-0.3, -0.25) is 0 Å². The predicted molar refractivity (Wildman–Crippen MR) is 72.0 cm³/mol. The third kappa shape index (κ3) is 3.30. The van der Waals surface area contributed by atoms with Crippen LogP contribution in [-0.4, -0.2) is 24.8 Å². The molecule has 0 aliphatic rings. The van der Waals surface area contributed by atoms with E-state index in [4.69, 9.17) is 9.84 Å². The van der Waals surface area contributed by atoms with E-state index in [2.05, 4.69) is 4.74 Å². The fourth-order valence-corrected chi connectivity index (χ4v) is 1.94. The molecule has 116 valence electrons. The number of hydrogen-bond donors (Lipinski definition) is 1. The van der Waals surface area contributed by atoms with E-state index in [1.54, 1.807) is 0 Å². The molecular formula is C15H11F3O4. The normalized spacial score (nSPS) is 10.6. The van der Waals surface area contributed by atoms with Crippen molar-refractivity contribution >= 4 is 5.97 Å². The zero-order valence-electron chi connectivity index (χ0n) is 11.3. The molecule has 0 saturated carbocycles. The molecule has 0 saturated heterocycles. The van der Waals surface area contributed by atoms with Crippen LogP contribution in [0.15, 0.2) is 36.4 Å². The van der Waals surface area contributed by atoms with Gasteiger partial charge in [-0.2, -0.15) is 8.78 Å². The van der Waals surface area contributed by atoms with Crippen LogP contribution < -0.4 is 9.47 Å². The van der Waals surface area contributed by atoms with Gasteiger partial charge in [0.1, 0.15) is 5.75 Å². The Labute approximate surface area is 123 Å². The number of rotatable bonds is 5. The number of aromatic carboxylic acids is 1. The van der Waals surface area contributed by atoms with Crippen molar-refractivity contribution in [3.05, 3.63) is 47.8 Å². The van der Waals surface area contributed by atoms with E-state index in [0.29, 0.717) is 0 Å². The molecule has 2 aromatic rings. The van der Waals surface area contributed by atoms with E-state index >= 15 is 0 Å². The van der Waals surface area contributed by atoms with E-state index < -0.39 is 18.4 Å². The highest BCUT2D eigenvalue weighted by molar-refractivity contribution is 5.90. The third-order valence-electron chi connectivity index (χ3n) is 2.87. The van der Waals surface area contributed by atoms with Gasteiger partial charge in [-0.25, -0.2) is 9.18 Å². The molecule has 0 unspecified atom stereocenters. The van der Waals surface area contributed by atoms with E-state index in [0.717, 1.165) is 12.1 Å². The van der Waals surface area contributed by atoms with Crippen molar-refractivity contribution in [2.45, 2.75) is 6.61 Å². The Morgan fingerprint density at radius 2 is 1.95 bits per heavy atom. The van der Waals surface area contributed by atoms with Gasteiger partial charge >= 0.3 is 12.6 Å². The van der Waals surface area contributed by atoms with Gasteiger partial charge in [-0.15, -0.1) is 0 Å². The van der Waals surface area contributed by atoms with Gasteiger partial charge in [0, 0.05) is 5.56 Å². The summed E-state index contributed by atoms with van der Waals surface area (Å²) in [4.78, 5) is 11.1. The van der Waals surface area contributed by atoms with Crippen molar-refractivity contribution in [1.29, 1.82) is 0 Å². The number of hydrogen-bond acceptors (Lipinski definition) is 3. The Kier molecular flexibility index (Phi) is 4.55. The zero-order valence-corrected chi connectivity index (χ0v) is 11.3. The smallest absolute Gasteiger partial charge is 0.387 e. The minimum absolute atomic E-state index is 0.0153. The molecule has 0 bridgehead atoms. The number of ether oxygens (including phenoxy) is 2. The summed E-state index contributed by atoms with van der Waals surface area (Å²) in [5, 5.41) is 9.02. The van der Waals surface area contributed by atoms with Crippen LogP contribution in [0.5, 0.6) is 11.5 Å². The highest BCUT2D eigenvalue weighted by Crippen LogP contribution is 2.32. The number of halogens is 3. The molecule has 0 radical (unpaired) electrons. The standard InChI is InChI=1S/C15H11F3O4/c1-21-12-4-2-3-11(13(12)16)8-5-9(14(19)20)7-10(6-8)22-15(17)18/h2-7,15H,1H3,(H,19,20). The van der Waals surface area contributed by atoms with Crippen molar-refractivity contribution < 1.29 is 32.5 Å². The molecular weight excluding hydrogens is 301 g/mol. The number of carbonyl (C=O) groups is 1. The van der Waals surface area contributed by atoms with Gasteiger partial charge in [0.05, 0.1) is 12.7 Å². The first kappa shape index (κ1) is 15.7. The summed E-state index contributed by atoms with van der Waals surface area (Å²) in [6.07, 6.45) is 0. The molecule has 7 heteroatoms. The van der Waals surface area contributed by atoms with Crippen LogP contribution in [0.1, 0.15) is 10.4 Å². The van der Waals surface area contributed by atoms with Gasteiger partial charge in [-0.05, 0) is 29.8 Å². The second-order valence-electron chi connectivity index (χ2n) is 4.25. The van der Waals surface area contributed by atoms with Gasteiger partial charge < -0.3 is 14.6 Å². The first-order chi connectivity index (χ1) is 10.4. The molecule has 0 aliphatic heterocycles. The largest absolute Gasteiger partial charge is 0.494 e. The predicted octanol–water partition coefficient (Wildman–Crippen LogP) is 3.80. The second kappa shape index (κ2) is 6.38. The SMILES string of the molecule is COc1cccc(-c2cc(OC(F)F)cc(C(=O)O)c2)c1F. The quantitative estimate of drug-likeness (QED) is 0.912. The Morgan fingerprint density at radius 1 is 1.23 bits per heavy atom. The summed E-state index contributed by atoms with van der Waals surface area (Å²) in [6.45, 7) is -3.12. The van der Waals surface area contributed by atoms with Crippen molar-refractivity contribution in [3.8, 4) is 22.6 Å². The molecule has 0 heterocycles. The van der Waals surface area contributed by atoms with Gasteiger partial charge in [0.15, 0.2) is 11.6 Å². The summed E-state index contributed by atoms with van der Waals surface area (Å²) < 4.78 is 47.9. The molecule has 1 N–H and O–H groups in total. The average molecular weight is 312 g/mol. The second-order valence-corrected chi connectivity index (χ2v) is 4.25. The van der Waals surface area contributed by atoms with Crippen molar-refractivity contribution in [2.24, 2.45) is 0 Å². The molecule has 0 aliphatic carbocycles. The lowest BCUT2D eigenvalue weighted by atomic mass is 10.0. The highest BCUT2D eigenvalue weighted by atomic mass is 19.3. The lowest BCUT2D eigenvalue weighted by Gasteiger charge is -2.11. The monoisotopic (exact) mass is 312 g/mol. The molecule has 22 heavy (non-hydrogen) atoms. The van der Waals surface area contributed by atoms with E-state index in [9.17, 15) is 18.0 Å². The van der Waals surface area contributed by atoms with E-state index in [1.165, 1.54) is 31.4 Å². The number of methoxy groups -OCH3 is 1. The maximum atomic E-state index is 14.2. The molecule has 0 atom stereocenters. The fraction of sp³-hybridized carbons (Fsp3) is 0.133. The molecule has 2 rings (SSSR count). The number of carboxylic acids is 1. The lowest BCUT2D eigenvalue weighted by Crippen LogP contribution is -2.04. The maximum Gasteiger partial charge on any atom is 0.387 e. The van der Waals surface area contributed by atoms with Crippen LogP contribution in [0.25, 0.3) is 11.1 Å². The van der Waals surface area contributed by atoms with Crippen LogP contribution >= 0.6 is 0 Å². The number of alkyl halides is 2. The fourth-order valence-electron chi connectivity index (χ4n) is 1.94. The van der Waals surface area contributed by atoms with Gasteiger partial charge in [0.2, 0.25) is 0 Å². The molecule has 0 amide bonds. The van der Waals surface area contributed by atoms with Crippen LogP contribution in [0.4, 0.5) is 13.2 Å². The molecule has 0 spiro atoms. The molecule has 0 aromatic heterocycles. The van der Waals surface area contributed by atoms with E-state index in [-0.39, 0.29) is 28.2 Å². The summed E-state index contributed by atoms with van der Waals surface area (Å²) in [5.41, 5.74) is -0.191. The summed E-state index contributed by atoms with van der Waals surface area (Å²) in [5.74, 6) is -2.48. The topological polar surface area (TPSA) is 55.8 Å². The molecule has 4 nitrogen and oxygen atoms in total. The van der Waals surface area contributed by atoms with Crippen LogP contribution in [-0.2, 0) is 0 Å². The highest BCUT2D eigenvalue weighted by Gasteiger charge is 2.16. The van der Waals surface area contributed by atoms with Crippen LogP contribution in [0.3, 0.4) is 0 Å². The lowest BCUT2D eigenvalue weighted by molar-refractivity contribution is -0.0498. The Balaban J connectivity index is 2.59. The summed E-state index contributed by atoms with van der Waals surface area (Å²) in [6, 6.07) is 7.50. The van der Waals surface area contributed by atoms with Crippen molar-refractivity contribution in [1.82, 2.24) is 0 Å². The minimum atomic E-state index is -3.12. The Bertz CT molecular complexity index is 701. The van der Waals surface area contributed by atoms with Gasteiger partial charge in [-0.1, -0.05) is 12.1 Å². The Morgan fingerprint density at radius 3 is 2.55 bits per heavy atom.